The summed E-state index contributed by atoms with van der Waals surface area (Å²) in [4.78, 5) is 10.5. The average molecular weight is 574 g/mol. The first kappa shape index (κ1) is 35.3. The van der Waals surface area contributed by atoms with Crippen LogP contribution in [0, 0.1) is 38.5 Å². The number of unbranched alkanes of at least 4 members (excludes halogenated alkanes) is 3. The second-order valence-corrected chi connectivity index (χ2v) is 13.9. The SMILES string of the molecule is Cc1c(C)c2c(c(C)c1OCCCCCCNC(=O)O)CC[C@@](C)(CCCC(C)CCCC(C)CCCC(C)C)O2. The topological polar surface area (TPSA) is 67.8 Å². The molecule has 0 radical (unpaired) electrons. The highest BCUT2D eigenvalue weighted by molar-refractivity contribution is 5.64. The lowest BCUT2D eigenvalue weighted by Crippen LogP contribution is -2.37. The Kier molecular flexibility index (Phi) is 15.4. The molecule has 0 aromatic heterocycles. The molecule has 0 aliphatic carbocycles. The second-order valence-electron chi connectivity index (χ2n) is 13.9. The molecular formula is C36H63NO4. The summed E-state index contributed by atoms with van der Waals surface area (Å²) >= 11 is 0. The Morgan fingerprint density at radius 3 is 2.10 bits per heavy atom. The molecule has 5 nitrogen and oxygen atoms in total. The molecule has 0 saturated carbocycles. The van der Waals surface area contributed by atoms with E-state index >= 15 is 0 Å². The molecule has 2 unspecified atom stereocenters. The molecule has 41 heavy (non-hydrogen) atoms. The Bertz CT molecular complexity index is 927. The molecule has 2 rings (SSSR count). The number of nitrogens with one attached hydrogen (secondary N) is 1. The smallest absolute Gasteiger partial charge is 0.404 e. The predicted molar refractivity (Wildman–Crippen MR) is 173 cm³/mol. The molecule has 236 valence electrons. The van der Waals surface area contributed by atoms with E-state index in [-0.39, 0.29) is 5.60 Å². The van der Waals surface area contributed by atoms with Crippen molar-refractivity contribution in [3.05, 3.63) is 22.3 Å². The molecular weight excluding hydrogens is 510 g/mol. The van der Waals surface area contributed by atoms with Gasteiger partial charge in [0.05, 0.1) is 6.61 Å². The number of fused-ring (bicyclic) bond motifs is 1. The van der Waals surface area contributed by atoms with Crippen LogP contribution >= 0.6 is 0 Å². The lowest BCUT2D eigenvalue weighted by Gasteiger charge is -2.38. The van der Waals surface area contributed by atoms with Gasteiger partial charge in [-0.25, -0.2) is 4.79 Å². The molecule has 0 saturated heterocycles. The third kappa shape index (κ3) is 12.5. The summed E-state index contributed by atoms with van der Waals surface area (Å²) in [6, 6.07) is 0. The molecule has 1 aromatic carbocycles. The first-order valence-electron chi connectivity index (χ1n) is 16.8. The summed E-state index contributed by atoms with van der Waals surface area (Å²) in [6.45, 7) is 19.6. The number of carbonyl (C=O) groups is 1. The van der Waals surface area contributed by atoms with Crippen molar-refractivity contribution in [2.75, 3.05) is 13.2 Å². The molecule has 0 bridgehead atoms. The van der Waals surface area contributed by atoms with Crippen molar-refractivity contribution in [1.82, 2.24) is 5.32 Å². The lowest BCUT2D eigenvalue weighted by atomic mass is 9.83. The van der Waals surface area contributed by atoms with Crippen LogP contribution in [0.5, 0.6) is 11.5 Å². The Balaban J connectivity index is 1.77. The minimum atomic E-state index is -0.945. The van der Waals surface area contributed by atoms with E-state index in [4.69, 9.17) is 14.6 Å². The van der Waals surface area contributed by atoms with Gasteiger partial charge in [-0.1, -0.05) is 85.5 Å². The average Bonchev–Trinajstić information content (AvgIpc) is 2.90. The lowest BCUT2D eigenvalue weighted by molar-refractivity contribution is 0.0511. The van der Waals surface area contributed by atoms with Gasteiger partial charge in [-0.05, 0) is 101 Å². The largest absolute Gasteiger partial charge is 0.493 e. The second kappa shape index (κ2) is 17.9. The van der Waals surface area contributed by atoms with Crippen molar-refractivity contribution in [2.45, 2.75) is 157 Å². The van der Waals surface area contributed by atoms with Gasteiger partial charge in [0.2, 0.25) is 0 Å². The molecule has 5 heteroatoms. The first-order chi connectivity index (χ1) is 19.4. The van der Waals surface area contributed by atoms with E-state index in [0.717, 1.165) is 74.2 Å². The van der Waals surface area contributed by atoms with Crippen LogP contribution in [0.25, 0.3) is 0 Å². The normalized spacial score (nSPS) is 18.1. The zero-order valence-electron chi connectivity index (χ0n) is 27.9. The fraction of sp³-hybridized carbons (Fsp3) is 0.806. The fourth-order valence-corrected chi connectivity index (χ4v) is 6.43. The van der Waals surface area contributed by atoms with Crippen molar-refractivity contribution in [3.63, 3.8) is 0 Å². The summed E-state index contributed by atoms with van der Waals surface area (Å²) in [6.07, 6.45) is 17.0. The van der Waals surface area contributed by atoms with E-state index in [9.17, 15) is 4.79 Å². The van der Waals surface area contributed by atoms with Gasteiger partial charge in [-0.3, -0.25) is 0 Å². The number of benzene rings is 1. The van der Waals surface area contributed by atoms with Crippen molar-refractivity contribution in [1.29, 1.82) is 0 Å². The summed E-state index contributed by atoms with van der Waals surface area (Å²) in [5.74, 6) is 4.64. The monoisotopic (exact) mass is 573 g/mol. The summed E-state index contributed by atoms with van der Waals surface area (Å²) < 4.78 is 13.1. The van der Waals surface area contributed by atoms with Gasteiger partial charge in [0.15, 0.2) is 0 Å². The van der Waals surface area contributed by atoms with Gasteiger partial charge >= 0.3 is 6.09 Å². The van der Waals surface area contributed by atoms with E-state index in [1.165, 1.54) is 73.6 Å². The van der Waals surface area contributed by atoms with Crippen LogP contribution in [-0.4, -0.2) is 30.0 Å². The molecule has 1 heterocycles. The van der Waals surface area contributed by atoms with Gasteiger partial charge in [0.25, 0.3) is 0 Å². The number of ether oxygens (including phenoxy) is 2. The standard InChI is InChI=1S/C36H63NO4/c1-26(2)16-13-17-27(3)18-14-19-28(4)20-15-22-36(8)23-21-32-31(7)33(29(5)30(6)34(32)41-36)40-25-12-10-9-11-24-37-35(38)39/h26-28,37H,9-25H2,1-8H3,(H,38,39)/t27?,28?,36-/m1/s1. The number of hydrogen-bond acceptors (Lipinski definition) is 3. The molecule has 1 aliphatic rings. The van der Waals surface area contributed by atoms with Gasteiger partial charge in [0.1, 0.15) is 17.1 Å². The summed E-state index contributed by atoms with van der Waals surface area (Å²) in [5, 5.41) is 11.1. The van der Waals surface area contributed by atoms with Gasteiger partial charge < -0.3 is 19.9 Å². The zero-order chi connectivity index (χ0) is 30.4. The van der Waals surface area contributed by atoms with E-state index in [1.807, 2.05) is 0 Å². The third-order valence-corrected chi connectivity index (χ3v) is 9.43. The Labute approximate surface area is 252 Å². The van der Waals surface area contributed by atoms with Crippen LogP contribution < -0.4 is 14.8 Å². The van der Waals surface area contributed by atoms with Crippen LogP contribution in [0.4, 0.5) is 4.79 Å². The molecule has 0 fully saturated rings. The van der Waals surface area contributed by atoms with Gasteiger partial charge in [-0.2, -0.15) is 0 Å². The quantitative estimate of drug-likeness (QED) is 0.152. The number of hydrogen-bond donors (Lipinski definition) is 2. The highest BCUT2D eigenvalue weighted by atomic mass is 16.5. The molecule has 1 aromatic rings. The van der Waals surface area contributed by atoms with Crippen molar-refractivity contribution < 1.29 is 19.4 Å². The van der Waals surface area contributed by atoms with Crippen molar-refractivity contribution in [3.8, 4) is 11.5 Å². The molecule has 0 spiro atoms. The van der Waals surface area contributed by atoms with Crippen LogP contribution in [0.1, 0.15) is 147 Å². The Morgan fingerprint density at radius 2 is 1.46 bits per heavy atom. The maximum atomic E-state index is 10.5. The maximum Gasteiger partial charge on any atom is 0.404 e. The minimum absolute atomic E-state index is 0.0842. The van der Waals surface area contributed by atoms with E-state index in [2.05, 4.69) is 60.7 Å². The molecule has 1 amide bonds. The van der Waals surface area contributed by atoms with Crippen LogP contribution in [0.2, 0.25) is 0 Å². The first-order valence-corrected chi connectivity index (χ1v) is 16.8. The molecule has 1 aliphatic heterocycles. The van der Waals surface area contributed by atoms with Gasteiger partial charge in [-0.15, -0.1) is 0 Å². The van der Waals surface area contributed by atoms with Gasteiger partial charge in [0, 0.05) is 12.1 Å². The highest BCUT2D eigenvalue weighted by Gasteiger charge is 2.34. The van der Waals surface area contributed by atoms with Crippen LogP contribution in [0.15, 0.2) is 0 Å². The van der Waals surface area contributed by atoms with Crippen molar-refractivity contribution in [2.24, 2.45) is 17.8 Å². The minimum Gasteiger partial charge on any atom is -0.493 e. The Morgan fingerprint density at radius 1 is 0.854 bits per heavy atom. The molecule has 3 atom stereocenters. The number of rotatable bonds is 20. The maximum absolute atomic E-state index is 10.5. The predicted octanol–water partition coefficient (Wildman–Crippen LogP) is 10.3. The zero-order valence-corrected chi connectivity index (χ0v) is 27.9. The van der Waals surface area contributed by atoms with Crippen LogP contribution in [-0.2, 0) is 6.42 Å². The van der Waals surface area contributed by atoms with E-state index < -0.39 is 6.09 Å². The highest BCUT2D eigenvalue weighted by Crippen LogP contribution is 2.45. The number of carboxylic acid groups (broad SMARTS) is 1. The molecule has 2 N–H and O–H groups in total. The van der Waals surface area contributed by atoms with Crippen LogP contribution in [0.3, 0.4) is 0 Å². The Hall–Kier alpha value is -1.91. The van der Waals surface area contributed by atoms with Crippen molar-refractivity contribution >= 4 is 6.09 Å². The van der Waals surface area contributed by atoms with E-state index in [0.29, 0.717) is 13.2 Å². The summed E-state index contributed by atoms with van der Waals surface area (Å²) in [5.41, 5.74) is 4.91. The fourth-order valence-electron chi connectivity index (χ4n) is 6.43. The van der Waals surface area contributed by atoms with E-state index in [1.54, 1.807) is 0 Å². The summed E-state index contributed by atoms with van der Waals surface area (Å²) in [7, 11) is 0. The number of amides is 1. The third-order valence-electron chi connectivity index (χ3n) is 9.43.